The van der Waals surface area contributed by atoms with Gasteiger partial charge in [-0.25, -0.2) is 4.39 Å². The molecule has 1 nitrogen and oxygen atoms in total. The maximum Gasteiger partial charge on any atom is 0.123 e. The van der Waals surface area contributed by atoms with Crippen LogP contribution in [-0.4, -0.2) is 0 Å². The average molecular weight is 251 g/mol. The maximum absolute atomic E-state index is 12.9. The van der Waals surface area contributed by atoms with Gasteiger partial charge in [0.25, 0.3) is 0 Å². The fourth-order valence-corrected chi connectivity index (χ4v) is 2.93. The third-order valence-corrected chi connectivity index (χ3v) is 3.87. The number of hydrogen-bond acceptors (Lipinski definition) is 1. The van der Waals surface area contributed by atoms with Crippen molar-refractivity contribution in [2.45, 2.75) is 19.3 Å². The quantitative estimate of drug-likeness (QED) is 0.798. The summed E-state index contributed by atoms with van der Waals surface area (Å²) in [6.07, 6.45) is 2.26. The molecule has 2 aromatic carbocycles. The van der Waals surface area contributed by atoms with Crippen LogP contribution in [0.5, 0.6) is 0 Å². The van der Waals surface area contributed by atoms with E-state index in [0.29, 0.717) is 6.42 Å². The molecule has 0 atom stereocenters. The number of hydrogen-bond donors (Lipinski definition) is 0. The normalized spacial score (nSPS) is 15.8. The number of halogens is 1. The van der Waals surface area contributed by atoms with E-state index in [0.717, 1.165) is 18.4 Å². The highest BCUT2D eigenvalue weighted by Gasteiger charge is 2.37. The molecule has 94 valence electrons. The molecule has 0 N–H and O–H groups in total. The summed E-state index contributed by atoms with van der Waals surface area (Å²) in [7, 11) is 0. The van der Waals surface area contributed by atoms with Crippen molar-refractivity contribution in [1.82, 2.24) is 0 Å². The number of nitriles is 1. The van der Waals surface area contributed by atoms with Crippen molar-refractivity contribution >= 4 is 0 Å². The monoisotopic (exact) mass is 251 g/mol. The van der Waals surface area contributed by atoms with Crippen molar-refractivity contribution in [1.29, 1.82) is 5.26 Å². The highest BCUT2D eigenvalue weighted by atomic mass is 19.1. The first-order valence-electron chi connectivity index (χ1n) is 6.43. The Labute approximate surface area is 112 Å². The van der Waals surface area contributed by atoms with Crippen LogP contribution >= 0.6 is 0 Å². The number of rotatable bonds is 2. The van der Waals surface area contributed by atoms with Gasteiger partial charge >= 0.3 is 0 Å². The van der Waals surface area contributed by atoms with Crippen LogP contribution < -0.4 is 0 Å². The molecule has 1 aliphatic rings. The number of benzene rings is 2. The minimum atomic E-state index is -0.373. The van der Waals surface area contributed by atoms with Gasteiger partial charge in [-0.2, -0.15) is 5.26 Å². The van der Waals surface area contributed by atoms with Gasteiger partial charge < -0.3 is 0 Å². The molecular formula is C17H14FN. The Morgan fingerprint density at radius 3 is 2.11 bits per heavy atom. The lowest BCUT2D eigenvalue weighted by atomic mass is 9.80. The minimum Gasteiger partial charge on any atom is -0.207 e. The van der Waals surface area contributed by atoms with Crippen LogP contribution in [0.2, 0.25) is 0 Å². The van der Waals surface area contributed by atoms with Gasteiger partial charge in [0.15, 0.2) is 0 Å². The fraction of sp³-hybridized carbons (Fsp3) is 0.235. The molecule has 0 aliphatic heterocycles. The fourth-order valence-electron chi connectivity index (χ4n) is 2.93. The smallest absolute Gasteiger partial charge is 0.123 e. The summed E-state index contributed by atoms with van der Waals surface area (Å²) in [5, 5.41) is 9.58. The van der Waals surface area contributed by atoms with E-state index in [9.17, 15) is 9.65 Å². The lowest BCUT2D eigenvalue weighted by molar-refractivity contribution is 0.418. The zero-order valence-electron chi connectivity index (χ0n) is 10.6. The van der Waals surface area contributed by atoms with Crippen LogP contribution in [0.3, 0.4) is 0 Å². The zero-order valence-corrected chi connectivity index (χ0v) is 10.6. The van der Waals surface area contributed by atoms with Crippen molar-refractivity contribution in [3.8, 4) is 6.07 Å². The summed E-state index contributed by atoms with van der Waals surface area (Å²) in [5.74, 6) is -0.232. The number of fused-ring (bicyclic) bond motifs is 1. The van der Waals surface area contributed by atoms with E-state index in [-0.39, 0.29) is 11.2 Å². The van der Waals surface area contributed by atoms with E-state index in [1.54, 1.807) is 12.1 Å². The van der Waals surface area contributed by atoms with Crippen LogP contribution in [0.4, 0.5) is 4.39 Å². The van der Waals surface area contributed by atoms with Gasteiger partial charge in [0.05, 0.1) is 11.5 Å². The molecule has 1 aliphatic carbocycles. The van der Waals surface area contributed by atoms with Gasteiger partial charge in [-0.1, -0.05) is 36.4 Å². The predicted octanol–water partition coefficient (Wildman–Crippen LogP) is 3.68. The first-order chi connectivity index (χ1) is 9.21. The van der Waals surface area contributed by atoms with Crippen molar-refractivity contribution in [2.75, 3.05) is 0 Å². The Morgan fingerprint density at radius 2 is 1.58 bits per heavy atom. The van der Waals surface area contributed by atoms with E-state index in [1.807, 2.05) is 12.1 Å². The minimum absolute atomic E-state index is 0.232. The lowest BCUT2D eigenvalue weighted by Gasteiger charge is -2.20. The predicted molar refractivity (Wildman–Crippen MR) is 72.0 cm³/mol. The van der Waals surface area contributed by atoms with Crippen molar-refractivity contribution < 1.29 is 4.39 Å². The Morgan fingerprint density at radius 1 is 1.00 bits per heavy atom. The standard InChI is InChI=1S/C17H14FN/c18-16-7-5-13(6-8-16)9-17(12-19)10-14-3-1-2-4-15(14)11-17/h1-8H,9-11H2. The summed E-state index contributed by atoms with van der Waals surface area (Å²) in [6, 6.07) is 17.2. The Hall–Kier alpha value is -2.14. The van der Waals surface area contributed by atoms with Crippen molar-refractivity contribution in [2.24, 2.45) is 5.41 Å². The van der Waals surface area contributed by atoms with Gasteiger partial charge in [0.1, 0.15) is 5.82 Å². The second kappa shape index (κ2) is 4.51. The third-order valence-electron chi connectivity index (χ3n) is 3.87. The van der Waals surface area contributed by atoms with Crippen LogP contribution in [0, 0.1) is 22.6 Å². The van der Waals surface area contributed by atoms with E-state index in [1.165, 1.54) is 23.3 Å². The molecule has 0 spiro atoms. The highest BCUT2D eigenvalue weighted by molar-refractivity contribution is 5.38. The Bertz CT molecular complexity index is 612. The largest absolute Gasteiger partial charge is 0.207 e. The van der Waals surface area contributed by atoms with Gasteiger partial charge in [0.2, 0.25) is 0 Å². The van der Waals surface area contributed by atoms with E-state index >= 15 is 0 Å². The van der Waals surface area contributed by atoms with Crippen LogP contribution in [-0.2, 0) is 19.3 Å². The summed E-state index contributed by atoms with van der Waals surface area (Å²) >= 11 is 0. The van der Waals surface area contributed by atoms with E-state index in [4.69, 9.17) is 0 Å². The summed E-state index contributed by atoms with van der Waals surface area (Å²) in [6.45, 7) is 0. The molecule has 0 saturated heterocycles. The third kappa shape index (κ3) is 2.24. The van der Waals surface area contributed by atoms with Crippen LogP contribution in [0.15, 0.2) is 48.5 Å². The molecule has 0 fully saturated rings. The molecule has 0 bridgehead atoms. The van der Waals surface area contributed by atoms with Crippen molar-refractivity contribution in [3.05, 3.63) is 71.0 Å². The molecule has 0 saturated carbocycles. The summed E-state index contributed by atoms with van der Waals surface area (Å²) in [5.41, 5.74) is 3.19. The summed E-state index contributed by atoms with van der Waals surface area (Å²) in [4.78, 5) is 0. The second-order valence-corrected chi connectivity index (χ2v) is 5.32. The molecule has 0 aromatic heterocycles. The van der Waals surface area contributed by atoms with E-state index in [2.05, 4.69) is 18.2 Å². The molecule has 3 rings (SSSR count). The molecule has 0 radical (unpaired) electrons. The molecule has 2 aromatic rings. The van der Waals surface area contributed by atoms with Gasteiger partial charge in [-0.05, 0) is 48.1 Å². The lowest BCUT2D eigenvalue weighted by Crippen LogP contribution is -2.22. The SMILES string of the molecule is N#CC1(Cc2ccc(F)cc2)Cc2ccccc2C1. The zero-order chi connectivity index (χ0) is 13.3. The Balaban J connectivity index is 1.87. The van der Waals surface area contributed by atoms with Crippen LogP contribution in [0.25, 0.3) is 0 Å². The molecule has 2 heteroatoms. The number of nitrogens with zero attached hydrogens (tertiary/aromatic N) is 1. The second-order valence-electron chi connectivity index (χ2n) is 5.32. The molecular weight excluding hydrogens is 237 g/mol. The van der Waals surface area contributed by atoms with Crippen molar-refractivity contribution in [3.63, 3.8) is 0 Å². The maximum atomic E-state index is 12.9. The average Bonchev–Trinajstić information content (AvgIpc) is 2.80. The van der Waals surface area contributed by atoms with Crippen LogP contribution in [0.1, 0.15) is 16.7 Å². The summed E-state index contributed by atoms with van der Waals surface area (Å²) < 4.78 is 12.9. The topological polar surface area (TPSA) is 23.8 Å². The molecule has 19 heavy (non-hydrogen) atoms. The first kappa shape index (κ1) is 11.9. The van der Waals surface area contributed by atoms with Gasteiger partial charge in [0, 0.05) is 0 Å². The van der Waals surface area contributed by atoms with Gasteiger partial charge in [-0.15, -0.1) is 0 Å². The molecule has 0 amide bonds. The van der Waals surface area contributed by atoms with Gasteiger partial charge in [-0.3, -0.25) is 0 Å². The highest BCUT2D eigenvalue weighted by Crippen LogP contribution is 2.39. The molecule has 0 heterocycles. The Kier molecular flexibility index (Phi) is 2.83. The van der Waals surface area contributed by atoms with E-state index < -0.39 is 0 Å². The first-order valence-corrected chi connectivity index (χ1v) is 6.43. The molecule has 0 unspecified atom stereocenters.